The van der Waals surface area contributed by atoms with Crippen molar-refractivity contribution in [2.75, 3.05) is 11.4 Å². The lowest BCUT2D eigenvalue weighted by atomic mass is 9.92. The van der Waals surface area contributed by atoms with Gasteiger partial charge in [-0.3, -0.25) is 14.6 Å². The molecule has 0 saturated carbocycles. The van der Waals surface area contributed by atoms with Gasteiger partial charge in [0.1, 0.15) is 5.69 Å². The number of fused-ring (bicyclic) bond motifs is 1. The van der Waals surface area contributed by atoms with Crippen LogP contribution in [0.25, 0.3) is 0 Å². The molecule has 2 heterocycles. The first-order valence-electron chi connectivity index (χ1n) is 6.70. The van der Waals surface area contributed by atoms with E-state index >= 15 is 0 Å². The Labute approximate surface area is 121 Å². The van der Waals surface area contributed by atoms with Crippen molar-refractivity contribution in [3.63, 3.8) is 0 Å². The van der Waals surface area contributed by atoms with Gasteiger partial charge in [0.15, 0.2) is 0 Å². The lowest BCUT2D eigenvalue weighted by Gasteiger charge is -2.32. The van der Waals surface area contributed by atoms with Gasteiger partial charge in [0.25, 0.3) is 5.91 Å². The van der Waals surface area contributed by atoms with Crippen LogP contribution in [0.5, 0.6) is 0 Å². The molecule has 3 rings (SSSR count). The Morgan fingerprint density at radius 1 is 1.14 bits per heavy atom. The van der Waals surface area contributed by atoms with Crippen LogP contribution in [0.2, 0.25) is 0 Å². The molecule has 1 unspecified atom stereocenters. The third-order valence-corrected chi connectivity index (χ3v) is 3.63. The van der Waals surface area contributed by atoms with Crippen molar-refractivity contribution >= 4 is 17.6 Å². The lowest BCUT2D eigenvalue weighted by molar-refractivity contribution is -0.141. The van der Waals surface area contributed by atoms with Crippen molar-refractivity contribution in [1.82, 2.24) is 4.98 Å². The normalized spacial score (nSPS) is 17.1. The quantitative estimate of drug-likeness (QED) is 0.914. The van der Waals surface area contributed by atoms with E-state index in [0.717, 1.165) is 11.3 Å². The highest BCUT2D eigenvalue weighted by atomic mass is 16.4. The minimum absolute atomic E-state index is 0.168. The van der Waals surface area contributed by atoms with Gasteiger partial charge in [0.05, 0.1) is 5.92 Å². The third-order valence-electron chi connectivity index (χ3n) is 3.63. The Kier molecular flexibility index (Phi) is 3.39. The number of carbonyl (C=O) groups is 2. The molecule has 1 aromatic carbocycles. The maximum absolute atomic E-state index is 12.6. The minimum atomic E-state index is -0.886. The molecule has 106 valence electrons. The molecule has 1 aliphatic rings. The number of pyridine rings is 1. The number of carbonyl (C=O) groups excluding carboxylic acids is 1. The van der Waals surface area contributed by atoms with Crippen LogP contribution in [0.15, 0.2) is 48.7 Å². The number of nitrogens with zero attached hydrogens (tertiary/aromatic N) is 2. The predicted molar refractivity (Wildman–Crippen MR) is 77.2 cm³/mol. The van der Waals surface area contributed by atoms with Crippen molar-refractivity contribution in [3.8, 4) is 0 Å². The Hall–Kier alpha value is -2.69. The molecule has 1 aromatic heterocycles. The number of para-hydroxylation sites is 1. The number of hydrogen-bond acceptors (Lipinski definition) is 3. The topological polar surface area (TPSA) is 70.5 Å². The molecule has 1 aliphatic heterocycles. The Balaban J connectivity index is 2.00. The van der Waals surface area contributed by atoms with Crippen molar-refractivity contribution in [1.29, 1.82) is 0 Å². The molecule has 0 saturated heterocycles. The van der Waals surface area contributed by atoms with Crippen LogP contribution in [0.4, 0.5) is 5.69 Å². The fraction of sp³-hybridized carbons (Fsp3) is 0.188. The second kappa shape index (κ2) is 5.36. The molecule has 1 atom stereocenters. The van der Waals surface area contributed by atoms with E-state index in [1.54, 1.807) is 24.4 Å². The molecule has 5 heteroatoms. The number of benzene rings is 1. The van der Waals surface area contributed by atoms with E-state index in [1.165, 1.54) is 4.90 Å². The van der Waals surface area contributed by atoms with E-state index in [-0.39, 0.29) is 12.5 Å². The highest BCUT2D eigenvalue weighted by Gasteiger charge is 2.32. The standard InChI is InChI=1S/C16H14N2O3/c19-15(13-6-3-4-8-17-13)18-10-12(16(20)21)9-11-5-1-2-7-14(11)18/h1-8,12H,9-10H2,(H,20,21). The number of aromatic nitrogens is 1. The van der Waals surface area contributed by atoms with Gasteiger partial charge in [0, 0.05) is 18.4 Å². The fourth-order valence-corrected chi connectivity index (χ4v) is 2.58. The number of amides is 1. The molecule has 21 heavy (non-hydrogen) atoms. The number of rotatable bonds is 2. The van der Waals surface area contributed by atoms with Gasteiger partial charge >= 0.3 is 5.97 Å². The van der Waals surface area contributed by atoms with Crippen molar-refractivity contribution in [3.05, 3.63) is 59.9 Å². The second-order valence-corrected chi connectivity index (χ2v) is 5.00. The zero-order valence-electron chi connectivity index (χ0n) is 11.3. The van der Waals surface area contributed by atoms with Gasteiger partial charge in [-0.15, -0.1) is 0 Å². The lowest BCUT2D eigenvalue weighted by Crippen LogP contribution is -2.42. The van der Waals surface area contributed by atoms with E-state index in [1.807, 2.05) is 24.3 Å². The van der Waals surface area contributed by atoms with Gasteiger partial charge in [-0.2, -0.15) is 0 Å². The maximum atomic E-state index is 12.6. The van der Waals surface area contributed by atoms with Gasteiger partial charge < -0.3 is 10.0 Å². The molecule has 5 nitrogen and oxygen atoms in total. The van der Waals surface area contributed by atoms with E-state index < -0.39 is 11.9 Å². The number of carboxylic acid groups (broad SMARTS) is 1. The molecule has 2 aromatic rings. The number of aliphatic carboxylic acids is 1. The summed E-state index contributed by atoms with van der Waals surface area (Å²) in [6.45, 7) is 0.168. The summed E-state index contributed by atoms with van der Waals surface area (Å²) in [5.41, 5.74) is 1.96. The SMILES string of the molecule is O=C(O)C1Cc2ccccc2N(C(=O)c2ccccn2)C1. The summed E-state index contributed by atoms with van der Waals surface area (Å²) in [5, 5.41) is 9.28. The highest BCUT2D eigenvalue weighted by Crippen LogP contribution is 2.30. The van der Waals surface area contributed by atoms with E-state index in [4.69, 9.17) is 0 Å². The molecule has 0 radical (unpaired) electrons. The largest absolute Gasteiger partial charge is 0.481 e. The fourth-order valence-electron chi connectivity index (χ4n) is 2.58. The Bertz CT molecular complexity index is 685. The molecular weight excluding hydrogens is 268 g/mol. The summed E-state index contributed by atoms with van der Waals surface area (Å²) in [4.78, 5) is 29.5. The van der Waals surface area contributed by atoms with Gasteiger partial charge in [-0.05, 0) is 30.2 Å². The van der Waals surface area contributed by atoms with Crippen LogP contribution in [0, 0.1) is 5.92 Å². The number of hydrogen-bond donors (Lipinski definition) is 1. The van der Waals surface area contributed by atoms with Crippen LogP contribution in [-0.4, -0.2) is 28.5 Å². The number of anilines is 1. The first-order valence-corrected chi connectivity index (χ1v) is 6.70. The highest BCUT2D eigenvalue weighted by molar-refractivity contribution is 6.06. The average molecular weight is 282 g/mol. The molecular formula is C16H14N2O3. The minimum Gasteiger partial charge on any atom is -0.481 e. The van der Waals surface area contributed by atoms with Crippen LogP contribution >= 0.6 is 0 Å². The van der Waals surface area contributed by atoms with Gasteiger partial charge in [0.2, 0.25) is 0 Å². The third kappa shape index (κ3) is 2.50. The zero-order chi connectivity index (χ0) is 14.8. The molecule has 0 aliphatic carbocycles. The van der Waals surface area contributed by atoms with E-state index in [0.29, 0.717) is 12.1 Å². The van der Waals surface area contributed by atoms with Gasteiger partial charge in [-0.1, -0.05) is 24.3 Å². The monoisotopic (exact) mass is 282 g/mol. The first kappa shape index (κ1) is 13.3. The Morgan fingerprint density at radius 2 is 1.90 bits per heavy atom. The number of carboxylic acids is 1. The van der Waals surface area contributed by atoms with E-state index in [2.05, 4.69) is 4.98 Å². The van der Waals surface area contributed by atoms with Crippen LogP contribution in [0.1, 0.15) is 16.1 Å². The van der Waals surface area contributed by atoms with Crippen molar-refractivity contribution in [2.24, 2.45) is 5.92 Å². The van der Waals surface area contributed by atoms with Crippen LogP contribution in [-0.2, 0) is 11.2 Å². The summed E-state index contributed by atoms with van der Waals surface area (Å²) < 4.78 is 0. The molecule has 1 amide bonds. The average Bonchev–Trinajstić information content (AvgIpc) is 2.54. The molecule has 0 fully saturated rings. The summed E-state index contributed by atoms with van der Waals surface area (Å²) in [6, 6.07) is 12.5. The maximum Gasteiger partial charge on any atom is 0.308 e. The van der Waals surface area contributed by atoms with Crippen molar-refractivity contribution < 1.29 is 14.7 Å². The summed E-state index contributed by atoms with van der Waals surface area (Å²) >= 11 is 0. The molecule has 1 N–H and O–H groups in total. The summed E-state index contributed by atoms with van der Waals surface area (Å²) in [7, 11) is 0. The van der Waals surface area contributed by atoms with Crippen LogP contribution < -0.4 is 4.90 Å². The molecule has 0 bridgehead atoms. The zero-order valence-corrected chi connectivity index (χ0v) is 11.3. The second-order valence-electron chi connectivity index (χ2n) is 5.00. The van der Waals surface area contributed by atoms with Crippen molar-refractivity contribution in [2.45, 2.75) is 6.42 Å². The first-order chi connectivity index (χ1) is 10.2. The summed E-state index contributed by atoms with van der Waals surface area (Å²) in [6.07, 6.45) is 2.00. The smallest absolute Gasteiger partial charge is 0.308 e. The Morgan fingerprint density at radius 3 is 2.62 bits per heavy atom. The summed E-state index contributed by atoms with van der Waals surface area (Å²) in [5.74, 6) is -1.75. The van der Waals surface area contributed by atoms with Gasteiger partial charge in [-0.25, -0.2) is 0 Å². The van der Waals surface area contributed by atoms with E-state index in [9.17, 15) is 14.7 Å². The molecule has 0 spiro atoms. The van der Waals surface area contributed by atoms with Crippen LogP contribution in [0.3, 0.4) is 0 Å². The predicted octanol–water partition coefficient (Wildman–Crippen LogP) is 1.99.